The highest BCUT2D eigenvalue weighted by Crippen LogP contribution is 2.36. The van der Waals surface area contributed by atoms with Crippen molar-refractivity contribution in [2.24, 2.45) is 0 Å². The van der Waals surface area contributed by atoms with E-state index in [0.29, 0.717) is 5.75 Å². The van der Waals surface area contributed by atoms with Crippen molar-refractivity contribution in [3.8, 4) is 5.75 Å². The van der Waals surface area contributed by atoms with E-state index in [1.165, 1.54) is 13.0 Å². The van der Waals surface area contributed by atoms with E-state index in [9.17, 15) is 18.0 Å². The molecule has 0 fully saturated rings. The Morgan fingerprint density at radius 3 is 2.28 bits per heavy atom. The Labute approximate surface area is 148 Å². The van der Waals surface area contributed by atoms with Crippen LogP contribution in [0, 0.1) is 13.8 Å². The number of anilines is 1. The lowest BCUT2D eigenvalue weighted by Crippen LogP contribution is -2.30. The SMILES string of the molecule is Cc1cc(C)cc(O[C@@H](C)C(=O)Nc2ccc(Cl)c(C(F)(F)F)c2)c1. The normalized spacial score (nSPS) is 12.6. The van der Waals surface area contributed by atoms with Crippen molar-refractivity contribution in [1.82, 2.24) is 0 Å². The highest BCUT2D eigenvalue weighted by atomic mass is 35.5. The summed E-state index contributed by atoms with van der Waals surface area (Å²) in [5, 5.41) is 1.98. The number of ether oxygens (including phenoxy) is 1. The summed E-state index contributed by atoms with van der Waals surface area (Å²) in [6.45, 7) is 5.32. The van der Waals surface area contributed by atoms with Gasteiger partial charge in [-0.25, -0.2) is 0 Å². The van der Waals surface area contributed by atoms with Gasteiger partial charge in [0.1, 0.15) is 5.75 Å². The molecule has 25 heavy (non-hydrogen) atoms. The summed E-state index contributed by atoms with van der Waals surface area (Å²) in [5.41, 5.74) is 0.956. The van der Waals surface area contributed by atoms with Crippen molar-refractivity contribution in [1.29, 1.82) is 0 Å². The summed E-state index contributed by atoms with van der Waals surface area (Å²) in [6.07, 6.45) is -5.48. The Morgan fingerprint density at radius 1 is 1.12 bits per heavy atom. The van der Waals surface area contributed by atoms with Crippen molar-refractivity contribution in [3.63, 3.8) is 0 Å². The standard InChI is InChI=1S/C18H17ClF3NO2/c1-10-6-11(2)8-14(7-10)25-12(3)17(24)23-13-4-5-16(19)15(9-13)18(20,21)22/h4-9,12H,1-3H3,(H,23,24)/t12-/m0/s1. The monoisotopic (exact) mass is 371 g/mol. The summed E-state index contributed by atoms with van der Waals surface area (Å²) in [7, 11) is 0. The number of rotatable bonds is 4. The number of amides is 1. The topological polar surface area (TPSA) is 38.3 Å². The lowest BCUT2D eigenvalue weighted by Gasteiger charge is -2.16. The van der Waals surface area contributed by atoms with Crippen LogP contribution in [-0.4, -0.2) is 12.0 Å². The smallest absolute Gasteiger partial charge is 0.417 e. The quantitative estimate of drug-likeness (QED) is 0.783. The molecule has 134 valence electrons. The Bertz CT molecular complexity index is 770. The molecule has 0 saturated carbocycles. The number of aryl methyl sites for hydroxylation is 2. The number of benzene rings is 2. The molecule has 0 bridgehead atoms. The molecule has 3 nitrogen and oxygen atoms in total. The maximum Gasteiger partial charge on any atom is 0.417 e. The van der Waals surface area contributed by atoms with Crippen molar-refractivity contribution in [2.75, 3.05) is 5.32 Å². The van der Waals surface area contributed by atoms with E-state index in [1.54, 1.807) is 12.1 Å². The molecule has 2 aromatic rings. The fourth-order valence-corrected chi connectivity index (χ4v) is 2.55. The zero-order valence-corrected chi connectivity index (χ0v) is 14.6. The first-order valence-corrected chi connectivity index (χ1v) is 7.86. The Hall–Kier alpha value is -2.21. The number of nitrogens with one attached hydrogen (secondary N) is 1. The second-order valence-electron chi connectivity index (χ2n) is 5.77. The van der Waals surface area contributed by atoms with Crippen LogP contribution in [-0.2, 0) is 11.0 Å². The molecule has 2 rings (SSSR count). The van der Waals surface area contributed by atoms with Gasteiger partial charge in [0.2, 0.25) is 0 Å². The largest absolute Gasteiger partial charge is 0.481 e. The molecule has 1 N–H and O–H groups in total. The maximum absolute atomic E-state index is 12.9. The number of carbonyl (C=O) groups is 1. The van der Waals surface area contributed by atoms with Gasteiger partial charge in [-0.1, -0.05) is 17.7 Å². The minimum Gasteiger partial charge on any atom is -0.481 e. The van der Waals surface area contributed by atoms with Gasteiger partial charge in [0, 0.05) is 5.69 Å². The fourth-order valence-electron chi connectivity index (χ4n) is 2.32. The molecule has 0 spiro atoms. The molecule has 0 saturated heterocycles. The molecule has 0 heterocycles. The third-order valence-corrected chi connectivity index (χ3v) is 3.75. The van der Waals surface area contributed by atoms with Gasteiger partial charge in [0.25, 0.3) is 5.91 Å². The molecule has 0 aromatic heterocycles. The number of halogens is 4. The van der Waals surface area contributed by atoms with Crippen LogP contribution in [0.15, 0.2) is 36.4 Å². The molecule has 0 aliphatic carbocycles. The van der Waals surface area contributed by atoms with Gasteiger partial charge < -0.3 is 10.1 Å². The lowest BCUT2D eigenvalue weighted by atomic mass is 10.1. The molecular weight excluding hydrogens is 355 g/mol. The van der Waals surface area contributed by atoms with Crippen LogP contribution in [0.4, 0.5) is 18.9 Å². The average molecular weight is 372 g/mol. The van der Waals surface area contributed by atoms with Gasteiger partial charge in [0.15, 0.2) is 6.10 Å². The number of alkyl halides is 3. The molecule has 1 amide bonds. The third kappa shape index (κ3) is 5.13. The Morgan fingerprint density at radius 2 is 1.72 bits per heavy atom. The zero-order chi connectivity index (χ0) is 18.8. The first-order valence-electron chi connectivity index (χ1n) is 7.49. The molecule has 0 aliphatic heterocycles. The van der Waals surface area contributed by atoms with Crippen LogP contribution in [0.1, 0.15) is 23.6 Å². The molecule has 0 unspecified atom stereocenters. The number of carbonyl (C=O) groups excluding carboxylic acids is 1. The van der Waals surface area contributed by atoms with E-state index in [1.807, 2.05) is 19.9 Å². The molecule has 7 heteroatoms. The van der Waals surface area contributed by atoms with Crippen molar-refractivity contribution < 1.29 is 22.7 Å². The molecule has 1 atom stereocenters. The summed E-state index contributed by atoms with van der Waals surface area (Å²) < 4.78 is 44.2. The van der Waals surface area contributed by atoms with E-state index in [2.05, 4.69) is 5.32 Å². The Balaban J connectivity index is 2.11. The van der Waals surface area contributed by atoms with Crippen LogP contribution >= 0.6 is 11.6 Å². The van der Waals surface area contributed by atoms with Gasteiger partial charge >= 0.3 is 6.18 Å². The van der Waals surface area contributed by atoms with E-state index in [0.717, 1.165) is 23.3 Å². The van der Waals surface area contributed by atoms with Gasteiger partial charge in [-0.2, -0.15) is 13.2 Å². The van der Waals surface area contributed by atoms with Crippen molar-refractivity contribution in [2.45, 2.75) is 33.1 Å². The van der Waals surface area contributed by atoms with Crippen LogP contribution < -0.4 is 10.1 Å². The predicted molar refractivity (Wildman–Crippen MR) is 91.1 cm³/mol. The minimum atomic E-state index is -4.60. The maximum atomic E-state index is 12.9. The van der Waals surface area contributed by atoms with Crippen LogP contribution in [0.3, 0.4) is 0 Å². The predicted octanol–water partition coefficient (Wildman–Crippen LogP) is 5.38. The van der Waals surface area contributed by atoms with E-state index >= 15 is 0 Å². The fraction of sp³-hybridized carbons (Fsp3) is 0.278. The van der Waals surface area contributed by atoms with E-state index in [-0.39, 0.29) is 5.69 Å². The summed E-state index contributed by atoms with van der Waals surface area (Å²) >= 11 is 5.56. The number of hydrogen-bond donors (Lipinski definition) is 1. The first-order chi connectivity index (χ1) is 11.6. The molecule has 0 aliphatic rings. The van der Waals surface area contributed by atoms with Crippen molar-refractivity contribution >= 4 is 23.2 Å². The third-order valence-electron chi connectivity index (χ3n) is 3.42. The van der Waals surface area contributed by atoms with Crippen LogP contribution in [0.2, 0.25) is 5.02 Å². The van der Waals surface area contributed by atoms with Crippen molar-refractivity contribution in [3.05, 3.63) is 58.1 Å². The van der Waals surface area contributed by atoms with E-state index in [4.69, 9.17) is 16.3 Å². The Kier molecular flexibility index (Phi) is 5.62. The van der Waals surface area contributed by atoms with Gasteiger partial charge in [0.05, 0.1) is 10.6 Å². The van der Waals surface area contributed by atoms with Crippen LogP contribution in [0.5, 0.6) is 5.75 Å². The first kappa shape index (κ1) is 19.1. The minimum absolute atomic E-state index is 0.00222. The van der Waals surface area contributed by atoms with Crippen LogP contribution in [0.25, 0.3) is 0 Å². The lowest BCUT2D eigenvalue weighted by molar-refractivity contribution is -0.137. The summed E-state index contributed by atoms with van der Waals surface area (Å²) in [4.78, 5) is 12.2. The molecule has 0 radical (unpaired) electrons. The summed E-state index contributed by atoms with van der Waals surface area (Å²) in [5.74, 6) is -0.0400. The van der Waals surface area contributed by atoms with Gasteiger partial charge in [-0.05, 0) is 62.2 Å². The highest BCUT2D eigenvalue weighted by molar-refractivity contribution is 6.31. The second kappa shape index (κ2) is 7.35. The second-order valence-corrected chi connectivity index (χ2v) is 6.17. The summed E-state index contributed by atoms with van der Waals surface area (Å²) in [6, 6.07) is 8.71. The highest BCUT2D eigenvalue weighted by Gasteiger charge is 2.33. The van der Waals surface area contributed by atoms with Gasteiger partial charge in [-0.3, -0.25) is 4.79 Å². The van der Waals surface area contributed by atoms with E-state index < -0.39 is 28.8 Å². The van der Waals surface area contributed by atoms with Gasteiger partial charge in [-0.15, -0.1) is 0 Å². The average Bonchev–Trinajstić information content (AvgIpc) is 2.46. The zero-order valence-electron chi connectivity index (χ0n) is 13.9. The number of hydrogen-bond acceptors (Lipinski definition) is 2. The molecular formula is C18H17ClF3NO2. The molecule has 2 aromatic carbocycles.